The van der Waals surface area contributed by atoms with Gasteiger partial charge in [-0.25, -0.2) is 0 Å². The first-order valence-corrected chi connectivity index (χ1v) is 10.1. The highest BCUT2D eigenvalue weighted by atomic mass is 16.6. The van der Waals surface area contributed by atoms with Gasteiger partial charge < -0.3 is 9.84 Å². The molecule has 34 heavy (non-hydrogen) atoms. The van der Waals surface area contributed by atoms with Crippen LogP contribution < -0.4 is 9.64 Å². The number of amides is 1. The van der Waals surface area contributed by atoms with E-state index < -0.39 is 28.4 Å². The Morgan fingerprint density at radius 3 is 2.44 bits per heavy atom. The number of carbonyl (C=O) groups is 2. The van der Waals surface area contributed by atoms with E-state index in [9.17, 15) is 24.8 Å². The molecule has 0 aliphatic carbocycles. The number of hydrogen-bond donors (Lipinski definition) is 1. The summed E-state index contributed by atoms with van der Waals surface area (Å²) in [4.78, 5) is 38.1. The third-order valence-electron chi connectivity index (χ3n) is 5.46. The van der Waals surface area contributed by atoms with E-state index in [0.717, 1.165) is 6.07 Å². The van der Waals surface area contributed by atoms with E-state index in [1.54, 1.807) is 24.3 Å². The zero-order chi connectivity index (χ0) is 24.4. The van der Waals surface area contributed by atoms with Crippen LogP contribution >= 0.6 is 0 Å². The van der Waals surface area contributed by atoms with Crippen molar-refractivity contribution in [3.8, 4) is 11.8 Å². The molecule has 0 spiro atoms. The predicted molar refractivity (Wildman–Crippen MR) is 122 cm³/mol. The number of ketones is 1. The molecule has 168 valence electrons. The van der Waals surface area contributed by atoms with E-state index in [2.05, 4.69) is 0 Å². The van der Waals surface area contributed by atoms with Crippen LogP contribution in [0.15, 0.2) is 78.4 Å². The number of methoxy groups -OCH3 is 1. The van der Waals surface area contributed by atoms with Gasteiger partial charge in [0.05, 0.1) is 35.3 Å². The SMILES string of the molecule is COc1cccc(C2/C(=C(/O)c3cccc([N+](=O)[O-])c3)C(=O)C(=O)N2c2ccc(C#N)cc2)c1. The van der Waals surface area contributed by atoms with Crippen molar-refractivity contribution in [2.75, 3.05) is 12.0 Å². The number of nitriles is 1. The smallest absolute Gasteiger partial charge is 0.300 e. The number of ether oxygens (including phenoxy) is 1. The van der Waals surface area contributed by atoms with Gasteiger partial charge in [-0.15, -0.1) is 0 Å². The molecule has 1 heterocycles. The van der Waals surface area contributed by atoms with Crippen LogP contribution in [0.25, 0.3) is 5.76 Å². The van der Waals surface area contributed by atoms with Crippen molar-refractivity contribution in [1.82, 2.24) is 0 Å². The normalized spacial score (nSPS) is 16.8. The summed E-state index contributed by atoms with van der Waals surface area (Å²) in [5, 5.41) is 31.4. The Hall–Kier alpha value is -4.97. The molecule has 1 saturated heterocycles. The van der Waals surface area contributed by atoms with Crippen LogP contribution in [0.1, 0.15) is 22.7 Å². The highest BCUT2D eigenvalue weighted by Crippen LogP contribution is 2.43. The van der Waals surface area contributed by atoms with Crippen LogP contribution in [0.3, 0.4) is 0 Å². The Balaban J connectivity index is 1.95. The fraction of sp³-hybridized carbons (Fsp3) is 0.0800. The molecule has 1 atom stereocenters. The summed E-state index contributed by atoms with van der Waals surface area (Å²) in [6.07, 6.45) is 0. The minimum atomic E-state index is -1.04. The van der Waals surface area contributed by atoms with E-state index in [1.807, 2.05) is 6.07 Å². The lowest BCUT2D eigenvalue weighted by molar-refractivity contribution is -0.384. The molecule has 1 fully saturated rings. The Labute approximate surface area is 193 Å². The van der Waals surface area contributed by atoms with Gasteiger partial charge in [-0.05, 0) is 42.0 Å². The molecule has 3 aromatic rings. The van der Waals surface area contributed by atoms with Gasteiger partial charge in [0.2, 0.25) is 0 Å². The van der Waals surface area contributed by atoms with Crippen molar-refractivity contribution in [2.45, 2.75) is 6.04 Å². The zero-order valence-corrected chi connectivity index (χ0v) is 17.8. The summed E-state index contributed by atoms with van der Waals surface area (Å²) < 4.78 is 5.28. The number of aliphatic hydroxyl groups excluding tert-OH is 1. The lowest BCUT2D eigenvalue weighted by Crippen LogP contribution is -2.29. The Kier molecular flexibility index (Phi) is 5.80. The number of hydrogen-bond acceptors (Lipinski definition) is 7. The topological polar surface area (TPSA) is 134 Å². The quantitative estimate of drug-likeness (QED) is 0.201. The number of nitro benzene ring substituents is 1. The fourth-order valence-corrected chi connectivity index (χ4v) is 3.84. The van der Waals surface area contributed by atoms with Gasteiger partial charge in [-0.2, -0.15) is 5.26 Å². The second-order valence-corrected chi connectivity index (χ2v) is 7.41. The molecular formula is C25H17N3O6. The van der Waals surface area contributed by atoms with E-state index in [4.69, 9.17) is 10.00 Å². The van der Waals surface area contributed by atoms with Gasteiger partial charge in [-0.3, -0.25) is 24.6 Å². The van der Waals surface area contributed by atoms with Crippen molar-refractivity contribution in [2.24, 2.45) is 0 Å². The van der Waals surface area contributed by atoms with Gasteiger partial charge in [0.15, 0.2) is 0 Å². The minimum Gasteiger partial charge on any atom is -0.507 e. The number of nitrogens with zero attached hydrogens (tertiary/aromatic N) is 3. The lowest BCUT2D eigenvalue weighted by Gasteiger charge is -2.25. The fourth-order valence-electron chi connectivity index (χ4n) is 3.84. The summed E-state index contributed by atoms with van der Waals surface area (Å²) >= 11 is 0. The molecule has 4 rings (SSSR count). The Morgan fingerprint density at radius 1 is 1.09 bits per heavy atom. The van der Waals surface area contributed by atoms with Crippen LogP contribution in [0, 0.1) is 21.4 Å². The van der Waals surface area contributed by atoms with Gasteiger partial charge in [0.1, 0.15) is 11.5 Å². The molecular weight excluding hydrogens is 438 g/mol. The van der Waals surface area contributed by atoms with E-state index in [1.165, 1.54) is 54.5 Å². The summed E-state index contributed by atoms with van der Waals surface area (Å²) in [7, 11) is 1.47. The average molecular weight is 455 g/mol. The number of aliphatic hydroxyl groups is 1. The predicted octanol–water partition coefficient (Wildman–Crippen LogP) is 4.10. The van der Waals surface area contributed by atoms with E-state index >= 15 is 0 Å². The molecule has 0 radical (unpaired) electrons. The maximum atomic E-state index is 13.2. The second kappa shape index (κ2) is 8.88. The maximum Gasteiger partial charge on any atom is 0.300 e. The van der Waals surface area contributed by atoms with Crippen LogP contribution in [0.4, 0.5) is 11.4 Å². The third kappa shape index (κ3) is 3.84. The molecule has 1 unspecified atom stereocenters. The largest absolute Gasteiger partial charge is 0.507 e. The molecule has 0 saturated carbocycles. The van der Waals surface area contributed by atoms with E-state index in [0.29, 0.717) is 22.6 Å². The van der Waals surface area contributed by atoms with Crippen LogP contribution in [0.5, 0.6) is 5.75 Å². The molecule has 1 amide bonds. The van der Waals surface area contributed by atoms with Crippen LogP contribution in [0.2, 0.25) is 0 Å². The van der Waals surface area contributed by atoms with Gasteiger partial charge in [-0.1, -0.05) is 24.3 Å². The second-order valence-electron chi connectivity index (χ2n) is 7.41. The number of Topliss-reactive ketones (excluding diaryl/α,β-unsaturated/α-hetero) is 1. The summed E-state index contributed by atoms with van der Waals surface area (Å²) in [5.41, 5.74) is 0.725. The van der Waals surface area contributed by atoms with Crippen molar-refractivity contribution in [3.63, 3.8) is 0 Å². The molecule has 1 aliphatic heterocycles. The van der Waals surface area contributed by atoms with Crippen molar-refractivity contribution in [3.05, 3.63) is 105 Å². The highest BCUT2D eigenvalue weighted by molar-refractivity contribution is 6.51. The molecule has 1 aliphatic rings. The molecule has 1 N–H and O–H groups in total. The molecule has 0 bridgehead atoms. The molecule has 3 aromatic carbocycles. The Bertz CT molecular complexity index is 1390. The molecule has 9 nitrogen and oxygen atoms in total. The number of benzene rings is 3. The number of carbonyl (C=O) groups excluding carboxylic acids is 2. The molecule has 0 aromatic heterocycles. The average Bonchev–Trinajstić information content (AvgIpc) is 3.14. The first-order chi connectivity index (χ1) is 16.3. The number of anilines is 1. The number of non-ortho nitro benzene ring substituents is 1. The maximum absolute atomic E-state index is 13.2. The Morgan fingerprint density at radius 2 is 1.79 bits per heavy atom. The minimum absolute atomic E-state index is 0.0277. The third-order valence-corrected chi connectivity index (χ3v) is 5.46. The summed E-state index contributed by atoms with van der Waals surface area (Å²) in [5.74, 6) is -1.89. The van der Waals surface area contributed by atoms with Crippen molar-refractivity contribution < 1.29 is 24.4 Å². The lowest BCUT2D eigenvalue weighted by atomic mass is 9.94. The number of nitro groups is 1. The van der Waals surface area contributed by atoms with Gasteiger partial charge in [0, 0.05) is 23.4 Å². The first-order valence-electron chi connectivity index (χ1n) is 10.1. The van der Waals surface area contributed by atoms with Gasteiger partial charge >= 0.3 is 0 Å². The zero-order valence-electron chi connectivity index (χ0n) is 17.8. The molecule has 9 heteroatoms. The summed E-state index contributed by atoms with van der Waals surface area (Å²) in [6, 6.07) is 18.9. The van der Waals surface area contributed by atoms with Gasteiger partial charge in [0.25, 0.3) is 17.4 Å². The summed E-state index contributed by atoms with van der Waals surface area (Å²) in [6.45, 7) is 0. The van der Waals surface area contributed by atoms with Crippen LogP contribution in [-0.2, 0) is 9.59 Å². The van der Waals surface area contributed by atoms with Crippen molar-refractivity contribution >= 4 is 28.8 Å². The highest BCUT2D eigenvalue weighted by Gasteiger charge is 2.47. The van der Waals surface area contributed by atoms with Crippen molar-refractivity contribution in [1.29, 1.82) is 5.26 Å². The standard InChI is InChI=1S/C25H17N3O6/c1-34-20-7-3-4-16(13-20)22-21(23(29)17-5-2-6-19(12-17)28(32)33)24(30)25(31)27(22)18-10-8-15(14-26)9-11-18/h2-13,22,29H,1H3/b23-21-. The first kappa shape index (κ1) is 22.2. The monoisotopic (exact) mass is 455 g/mol. The van der Waals surface area contributed by atoms with E-state index in [-0.39, 0.29) is 16.8 Å². The number of rotatable bonds is 5. The van der Waals surface area contributed by atoms with Crippen LogP contribution in [-0.4, -0.2) is 28.8 Å².